The maximum absolute atomic E-state index is 6.69. The highest BCUT2D eigenvalue weighted by Gasteiger charge is 2.21. The summed E-state index contributed by atoms with van der Waals surface area (Å²) in [7, 11) is 0. The van der Waals surface area contributed by atoms with E-state index in [1.807, 2.05) is 42.5 Å². The number of aromatic nitrogens is 2. The SMILES string of the molecule is c1ccc(-c2cc(-c3cccc(-c4ccc(-c5cc(-c6ccccc6)nc(-c6ccccc6)n5)cc4)c3)c(-c3ccccc3)c(-c3cccc4c3oc3ccccc34)c2)cc1. The molecular formula is C58H38N2O. The Morgan fingerprint density at radius 1 is 0.279 bits per heavy atom. The van der Waals surface area contributed by atoms with E-state index in [9.17, 15) is 0 Å². The van der Waals surface area contributed by atoms with Crippen LogP contribution in [-0.2, 0) is 0 Å². The summed E-state index contributed by atoms with van der Waals surface area (Å²) < 4.78 is 6.69. The van der Waals surface area contributed by atoms with Crippen molar-refractivity contribution in [3.05, 3.63) is 231 Å². The van der Waals surface area contributed by atoms with Gasteiger partial charge in [0.25, 0.3) is 0 Å². The maximum Gasteiger partial charge on any atom is 0.160 e. The molecule has 0 amide bonds. The molecule has 0 N–H and O–H groups in total. The first-order chi connectivity index (χ1) is 30.2. The Morgan fingerprint density at radius 3 is 1.48 bits per heavy atom. The second-order valence-corrected chi connectivity index (χ2v) is 15.3. The first kappa shape index (κ1) is 36.0. The lowest BCUT2D eigenvalue weighted by Gasteiger charge is -2.20. The van der Waals surface area contributed by atoms with E-state index in [-0.39, 0.29) is 0 Å². The number of para-hydroxylation sites is 2. The first-order valence-corrected chi connectivity index (χ1v) is 20.6. The molecule has 11 aromatic rings. The summed E-state index contributed by atoms with van der Waals surface area (Å²) in [6.45, 7) is 0. The normalized spacial score (nSPS) is 11.3. The smallest absolute Gasteiger partial charge is 0.160 e. The van der Waals surface area contributed by atoms with Crippen molar-refractivity contribution >= 4 is 21.9 Å². The molecule has 9 aromatic carbocycles. The predicted molar refractivity (Wildman–Crippen MR) is 253 cm³/mol. The summed E-state index contributed by atoms with van der Waals surface area (Å²) in [6.07, 6.45) is 0. The summed E-state index contributed by atoms with van der Waals surface area (Å²) in [5.74, 6) is 0.705. The van der Waals surface area contributed by atoms with E-state index in [1.54, 1.807) is 0 Å². The molecule has 0 aliphatic heterocycles. The summed E-state index contributed by atoms with van der Waals surface area (Å²) in [5, 5.41) is 2.23. The van der Waals surface area contributed by atoms with Gasteiger partial charge in [-0.1, -0.05) is 200 Å². The lowest BCUT2D eigenvalue weighted by molar-refractivity contribution is 0.670. The van der Waals surface area contributed by atoms with Crippen LogP contribution in [0.25, 0.3) is 111 Å². The van der Waals surface area contributed by atoms with Crippen molar-refractivity contribution in [2.45, 2.75) is 0 Å². The highest BCUT2D eigenvalue weighted by molar-refractivity contribution is 6.12. The van der Waals surface area contributed by atoms with Gasteiger partial charge in [-0.2, -0.15) is 0 Å². The summed E-state index contributed by atoms with van der Waals surface area (Å²) >= 11 is 0. The van der Waals surface area contributed by atoms with Crippen LogP contribution in [-0.4, -0.2) is 9.97 Å². The second kappa shape index (κ2) is 15.6. The summed E-state index contributed by atoms with van der Waals surface area (Å²) in [5.41, 5.74) is 17.9. The largest absolute Gasteiger partial charge is 0.455 e. The highest BCUT2D eigenvalue weighted by atomic mass is 16.3. The van der Waals surface area contributed by atoms with Gasteiger partial charge >= 0.3 is 0 Å². The molecule has 0 atom stereocenters. The Bertz CT molecular complexity index is 3260. The molecule has 61 heavy (non-hydrogen) atoms. The number of hydrogen-bond donors (Lipinski definition) is 0. The average Bonchev–Trinajstić information content (AvgIpc) is 3.74. The fraction of sp³-hybridized carbons (Fsp3) is 0. The zero-order valence-electron chi connectivity index (χ0n) is 33.2. The highest BCUT2D eigenvalue weighted by Crippen LogP contribution is 2.47. The van der Waals surface area contributed by atoms with Crippen molar-refractivity contribution in [3.8, 4) is 89.5 Å². The quantitative estimate of drug-likeness (QED) is 0.154. The fourth-order valence-corrected chi connectivity index (χ4v) is 8.52. The molecule has 3 nitrogen and oxygen atoms in total. The predicted octanol–water partition coefficient (Wildman–Crippen LogP) is 15.7. The molecule has 2 heterocycles. The van der Waals surface area contributed by atoms with E-state index in [0.29, 0.717) is 5.82 Å². The van der Waals surface area contributed by atoms with Crippen LogP contribution in [0.5, 0.6) is 0 Å². The minimum Gasteiger partial charge on any atom is -0.455 e. The molecule has 0 unspecified atom stereocenters. The number of nitrogens with zero attached hydrogens (tertiary/aromatic N) is 2. The first-order valence-electron chi connectivity index (χ1n) is 20.6. The van der Waals surface area contributed by atoms with Crippen molar-refractivity contribution < 1.29 is 4.42 Å². The molecule has 0 radical (unpaired) electrons. The molecule has 286 valence electrons. The Kier molecular flexibility index (Phi) is 9.18. The van der Waals surface area contributed by atoms with Crippen LogP contribution in [0.4, 0.5) is 0 Å². The van der Waals surface area contributed by atoms with E-state index in [0.717, 1.165) is 106 Å². The van der Waals surface area contributed by atoms with Gasteiger partial charge in [-0.05, 0) is 80.4 Å². The van der Waals surface area contributed by atoms with Crippen LogP contribution in [0.3, 0.4) is 0 Å². The second-order valence-electron chi connectivity index (χ2n) is 15.3. The van der Waals surface area contributed by atoms with Crippen molar-refractivity contribution in [1.29, 1.82) is 0 Å². The van der Waals surface area contributed by atoms with Gasteiger partial charge in [0.05, 0.1) is 11.4 Å². The van der Waals surface area contributed by atoms with Crippen LogP contribution in [0.2, 0.25) is 0 Å². The van der Waals surface area contributed by atoms with Crippen LogP contribution in [0.1, 0.15) is 0 Å². The fourth-order valence-electron chi connectivity index (χ4n) is 8.52. The van der Waals surface area contributed by atoms with Gasteiger partial charge in [0.2, 0.25) is 0 Å². The third-order valence-corrected chi connectivity index (χ3v) is 11.5. The van der Waals surface area contributed by atoms with Gasteiger partial charge in [0, 0.05) is 33.0 Å². The number of furan rings is 1. The maximum atomic E-state index is 6.69. The van der Waals surface area contributed by atoms with Gasteiger partial charge in [-0.3, -0.25) is 0 Å². The molecule has 2 aromatic heterocycles. The lowest BCUT2D eigenvalue weighted by Crippen LogP contribution is -1.95. The standard InChI is InChI=1S/C58H38N2O/c1-5-17-39(18-6-1)47-36-51(56(43-21-9-3-10-22-43)52(37-47)50-29-16-28-49-48-27-13-14-30-55(48)61-57(49)50)46-26-15-25-45(35-46)40-31-33-42(34-32-40)54-38-53(41-19-7-2-8-20-41)59-58(60-54)44-23-11-4-12-24-44/h1-38H. The molecule has 0 saturated carbocycles. The number of rotatable bonds is 8. The number of hydrogen-bond acceptors (Lipinski definition) is 3. The van der Waals surface area contributed by atoms with Crippen molar-refractivity contribution in [2.75, 3.05) is 0 Å². The molecule has 0 aliphatic rings. The lowest BCUT2D eigenvalue weighted by atomic mass is 9.84. The Balaban J connectivity index is 1.06. The van der Waals surface area contributed by atoms with Crippen LogP contribution >= 0.6 is 0 Å². The molecule has 0 saturated heterocycles. The molecule has 0 bridgehead atoms. The third-order valence-electron chi connectivity index (χ3n) is 11.5. The minimum absolute atomic E-state index is 0.705. The van der Waals surface area contributed by atoms with Gasteiger partial charge in [-0.25, -0.2) is 9.97 Å². The van der Waals surface area contributed by atoms with Gasteiger partial charge in [-0.15, -0.1) is 0 Å². The zero-order valence-corrected chi connectivity index (χ0v) is 33.2. The van der Waals surface area contributed by atoms with Gasteiger partial charge < -0.3 is 4.42 Å². The van der Waals surface area contributed by atoms with E-state index in [4.69, 9.17) is 14.4 Å². The number of benzene rings is 9. The van der Waals surface area contributed by atoms with Crippen LogP contribution in [0, 0.1) is 0 Å². The Labute approximate surface area is 354 Å². The Hall–Kier alpha value is -8.14. The van der Waals surface area contributed by atoms with E-state index in [1.165, 1.54) is 0 Å². The van der Waals surface area contributed by atoms with Crippen LogP contribution in [0.15, 0.2) is 235 Å². The topological polar surface area (TPSA) is 38.9 Å². The molecule has 11 rings (SSSR count). The number of fused-ring (bicyclic) bond motifs is 3. The third kappa shape index (κ3) is 6.88. The molecule has 0 fully saturated rings. The minimum atomic E-state index is 0.705. The van der Waals surface area contributed by atoms with Crippen LogP contribution < -0.4 is 0 Å². The average molecular weight is 779 g/mol. The van der Waals surface area contributed by atoms with Gasteiger partial charge in [0.15, 0.2) is 5.82 Å². The molecule has 3 heteroatoms. The zero-order chi connectivity index (χ0) is 40.5. The van der Waals surface area contributed by atoms with E-state index in [2.05, 4.69) is 188 Å². The van der Waals surface area contributed by atoms with E-state index >= 15 is 0 Å². The Morgan fingerprint density at radius 2 is 0.770 bits per heavy atom. The van der Waals surface area contributed by atoms with Crippen molar-refractivity contribution in [2.24, 2.45) is 0 Å². The van der Waals surface area contributed by atoms with Crippen molar-refractivity contribution in [1.82, 2.24) is 9.97 Å². The molecule has 0 spiro atoms. The summed E-state index contributed by atoms with van der Waals surface area (Å²) in [4.78, 5) is 10.1. The molecular weight excluding hydrogens is 741 g/mol. The monoisotopic (exact) mass is 778 g/mol. The molecule has 0 aliphatic carbocycles. The van der Waals surface area contributed by atoms with E-state index < -0.39 is 0 Å². The summed E-state index contributed by atoms with van der Waals surface area (Å²) in [6, 6.07) is 81.2. The van der Waals surface area contributed by atoms with Crippen molar-refractivity contribution in [3.63, 3.8) is 0 Å². The van der Waals surface area contributed by atoms with Gasteiger partial charge in [0.1, 0.15) is 11.2 Å².